The topological polar surface area (TPSA) is 151 Å². The fraction of sp³-hybridized carbons (Fsp3) is 0.467. The molecule has 5 N–H and O–H groups in total. The van der Waals surface area contributed by atoms with Crippen molar-refractivity contribution in [3.8, 4) is 5.75 Å². The predicted octanol–water partition coefficient (Wildman–Crippen LogP) is 3.26. The zero-order valence-corrected chi connectivity index (χ0v) is 24.0. The number of alkyl carbamates (subject to hydrolysis) is 1. The van der Waals surface area contributed by atoms with Crippen LogP contribution in [0.5, 0.6) is 5.75 Å². The number of carbonyl (C=O) groups excluding carboxylic acids is 4. The number of nitrogens with one attached hydrogen (secondary N) is 2. The summed E-state index contributed by atoms with van der Waals surface area (Å²) in [6.07, 6.45) is -0.0231. The molecule has 2 aromatic rings. The van der Waals surface area contributed by atoms with Crippen LogP contribution in [0.15, 0.2) is 54.6 Å². The summed E-state index contributed by atoms with van der Waals surface area (Å²) in [4.78, 5) is 53.1. The number of benzene rings is 2. The van der Waals surface area contributed by atoms with Crippen LogP contribution in [0.3, 0.4) is 0 Å². The molecule has 10 nitrogen and oxygen atoms in total. The number of primary amides is 1. The minimum absolute atomic E-state index is 0.00533. The van der Waals surface area contributed by atoms with E-state index < -0.39 is 41.5 Å². The van der Waals surface area contributed by atoms with Gasteiger partial charge in [-0.05, 0) is 49.9 Å². The molecule has 0 saturated heterocycles. The van der Waals surface area contributed by atoms with Gasteiger partial charge in [0, 0.05) is 25.9 Å². The normalized spacial score (nSPS) is 13.4. The van der Waals surface area contributed by atoms with E-state index in [0.29, 0.717) is 12.0 Å². The average Bonchev–Trinajstić information content (AvgIpc) is 2.88. The molecular weight excluding hydrogens is 512 g/mol. The lowest BCUT2D eigenvalue weighted by Gasteiger charge is -2.36. The van der Waals surface area contributed by atoms with Crippen LogP contribution in [-0.4, -0.2) is 58.1 Å². The summed E-state index contributed by atoms with van der Waals surface area (Å²) >= 11 is 0. The van der Waals surface area contributed by atoms with E-state index in [2.05, 4.69) is 10.6 Å². The van der Waals surface area contributed by atoms with E-state index in [0.717, 1.165) is 5.56 Å². The van der Waals surface area contributed by atoms with Crippen molar-refractivity contribution < 1.29 is 29.0 Å². The van der Waals surface area contributed by atoms with Crippen molar-refractivity contribution in [1.29, 1.82) is 0 Å². The first kappa shape index (κ1) is 32.1. The summed E-state index contributed by atoms with van der Waals surface area (Å²) in [7, 11) is 0. The first-order valence-electron chi connectivity index (χ1n) is 13.5. The van der Waals surface area contributed by atoms with E-state index in [1.54, 1.807) is 32.9 Å². The number of aromatic hydroxyl groups is 1. The molecule has 0 radical (unpaired) electrons. The van der Waals surface area contributed by atoms with Crippen LogP contribution < -0.4 is 16.4 Å². The summed E-state index contributed by atoms with van der Waals surface area (Å²) in [6, 6.07) is 13.6. The van der Waals surface area contributed by atoms with E-state index in [4.69, 9.17) is 10.5 Å². The van der Waals surface area contributed by atoms with E-state index >= 15 is 0 Å². The molecule has 4 amide bonds. The third kappa shape index (κ3) is 10.6. The number of carbonyl (C=O) groups is 4. The number of nitrogens with two attached hydrogens (primary N) is 1. The van der Waals surface area contributed by atoms with Crippen molar-refractivity contribution in [3.63, 3.8) is 0 Å². The Labute approximate surface area is 236 Å². The van der Waals surface area contributed by atoms with Gasteiger partial charge in [-0.2, -0.15) is 0 Å². The number of nitrogens with zero attached hydrogens (tertiary/aromatic N) is 1. The lowest BCUT2D eigenvalue weighted by Crippen LogP contribution is -2.57. The first-order valence-corrected chi connectivity index (χ1v) is 13.5. The van der Waals surface area contributed by atoms with Gasteiger partial charge in [-0.15, -0.1) is 0 Å². The Kier molecular flexibility index (Phi) is 12.0. The molecule has 0 aliphatic rings. The molecule has 0 saturated carbocycles. The highest BCUT2D eigenvalue weighted by molar-refractivity contribution is 5.92. The third-order valence-electron chi connectivity index (χ3n) is 6.32. The minimum atomic E-state index is -1.03. The molecule has 2 aromatic carbocycles. The second-order valence-electron chi connectivity index (χ2n) is 10.9. The molecule has 0 aliphatic heterocycles. The Bertz CT molecular complexity index is 1130. The van der Waals surface area contributed by atoms with Gasteiger partial charge in [-0.1, -0.05) is 62.7 Å². The number of amides is 4. The van der Waals surface area contributed by atoms with E-state index in [-0.39, 0.29) is 37.6 Å². The maximum atomic E-state index is 14.1. The second kappa shape index (κ2) is 14.9. The summed E-state index contributed by atoms with van der Waals surface area (Å²) < 4.78 is 5.19. The zero-order chi connectivity index (χ0) is 29.9. The number of ether oxygens (including phenoxy) is 1. The Hall–Kier alpha value is -4.08. The Balaban J connectivity index is 2.32. The van der Waals surface area contributed by atoms with Crippen LogP contribution >= 0.6 is 0 Å². The summed E-state index contributed by atoms with van der Waals surface area (Å²) in [5.74, 6) is -1.72. The summed E-state index contributed by atoms with van der Waals surface area (Å²) in [5, 5.41) is 15.0. The van der Waals surface area contributed by atoms with E-state index in [1.165, 1.54) is 17.0 Å². The molecular formula is C30H42N4O6. The van der Waals surface area contributed by atoms with Crippen molar-refractivity contribution >= 4 is 23.8 Å². The maximum absolute atomic E-state index is 14.1. The van der Waals surface area contributed by atoms with Gasteiger partial charge >= 0.3 is 6.09 Å². The lowest BCUT2D eigenvalue weighted by molar-refractivity contribution is -0.144. The van der Waals surface area contributed by atoms with Crippen LogP contribution in [0.2, 0.25) is 0 Å². The average molecular weight is 555 g/mol. The molecule has 3 atom stereocenters. The smallest absolute Gasteiger partial charge is 0.407 e. The third-order valence-corrected chi connectivity index (χ3v) is 6.32. The van der Waals surface area contributed by atoms with Crippen molar-refractivity contribution in [2.24, 2.45) is 11.7 Å². The highest BCUT2D eigenvalue weighted by Crippen LogP contribution is 2.21. The minimum Gasteiger partial charge on any atom is -0.508 e. The molecule has 0 fully saturated rings. The van der Waals surface area contributed by atoms with Gasteiger partial charge in [0.2, 0.25) is 17.7 Å². The molecule has 40 heavy (non-hydrogen) atoms. The molecule has 0 unspecified atom stereocenters. The molecule has 0 spiro atoms. The Morgan fingerprint density at radius 2 is 1.62 bits per heavy atom. The molecule has 2 rings (SSSR count). The van der Waals surface area contributed by atoms with Crippen molar-refractivity contribution in [1.82, 2.24) is 15.5 Å². The Morgan fingerprint density at radius 3 is 2.17 bits per heavy atom. The van der Waals surface area contributed by atoms with Gasteiger partial charge in [-0.25, -0.2) is 4.79 Å². The molecule has 10 heteroatoms. The largest absolute Gasteiger partial charge is 0.508 e. The number of phenolic OH excluding ortho intramolecular Hbond substituents is 1. The number of hydrogen-bond donors (Lipinski definition) is 4. The van der Waals surface area contributed by atoms with Crippen LogP contribution in [-0.2, 0) is 32.1 Å². The van der Waals surface area contributed by atoms with Crippen molar-refractivity contribution in [2.45, 2.75) is 78.1 Å². The molecule has 0 bridgehead atoms. The fourth-order valence-corrected chi connectivity index (χ4v) is 4.18. The quantitative estimate of drug-likeness (QED) is 0.298. The van der Waals surface area contributed by atoms with Gasteiger partial charge in [-0.3, -0.25) is 14.4 Å². The molecule has 0 aliphatic carbocycles. The Morgan fingerprint density at radius 1 is 1.00 bits per heavy atom. The second-order valence-corrected chi connectivity index (χ2v) is 10.9. The monoisotopic (exact) mass is 554 g/mol. The molecule has 0 heterocycles. The van der Waals surface area contributed by atoms with Gasteiger partial charge in [0.1, 0.15) is 23.4 Å². The number of phenols is 1. The lowest BCUT2D eigenvalue weighted by atomic mass is 9.94. The standard InChI is InChI=1S/C30H42N4O6/c1-6-20(2)26(27(31)37)34(19-22-10-8-7-9-11-22)28(38)24(18-21-12-14-23(35)15-13-21)33-25(36)16-17-32-29(39)40-30(3,4)5/h7-15,20,24,26,35H,6,16-19H2,1-5H3,(H2,31,37)(H,32,39)(H,33,36)/t20-,24-,26-/m0/s1. The highest BCUT2D eigenvalue weighted by atomic mass is 16.6. The van der Waals surface area contributed by atoms with Crippen molar-refractivity contribution in [2.75, 3.05) is 6.54 Å². The summed E-state index contributed by atoms with van der Waals surface area (Å²) in [6.45, 7) is 9.11. The fourth-order valence-electron chi connectivity index (χ4n) is 4.18. The molecule has 218 valence electrons. The van der Waals surface area contributed by atoms with Crippen LogP contribution in [0.4, 0.5) is 4.79 Å². The predicted molar refractivity (Wildman–Crippen MR) is 152 cm³/mol. The van der Waals surface area contributed by atoms with Crippen LogP contribution in [0, 0.1) is 5.92 Å². The van der Waals surface area contributed by atoms with Gasteiger partial charge in [0.25, 0.3) is 0 Å². The van der Waals surface area contributed by atoms with Gasteiger partial charge in [0.05, 0.1) is 0 Å². The number of hydrogen-bond acceptors (Lipinski definition) is 6. The van der Waals surface area contributed by atoms with Crippen LogP contribution in [0.1, 0.15) is 58.6 Å². The summed E-state index contributed by atoms with van der Waals surface area (Å²) in [5.41, 5.74) is 6.64. The number of rotatable bonds is 13. The first-order chi connectivity index (χ1) is 18.8. The highest BCUT2D eigenvalue weighted by Gasteiger charge is 2.36. The zero-order valence-electron chi connectivity index (χ0n) is 24.0. The van der Waals surface area contributed by atoms with Gasteiger partial charge in [0.15, 0.2) is 0 Å². The van der Waals surface area contributed by atoms with Crippen LogP contribution in [0.25, 0.3) is 0 Å². The SMILES string of the molecule is CC[C@H](C)[C@@H](C(N)=O)N(Cc1ccccc1)C(=O)[C@H](Cc1ccc(O)cc1)NC(=O)CCNC(=O)OC(C)(C)C. The van der Waals surface area contributed by atoms with Crippen molar-refractivity contribution in [3.05, 3.63) is 65.7 Å². The maximum Gasteiger partial charge on any atom is 0.407 e. The van der Waals surface area contributed by atoms with Gasteiger partial charge < -0.3 is 31.1 Å². The molecule has 0 aromatic heterocycles. The van der Waals surface area contributed by atoms with E-state index in [1.807, 2.05) is 44.2 Å². The van der Waals surface area contributed by atoms with E-state index in [9.17, 15) is 24.3 Å².